The monoisotopic (exact) mass is 275 g/mol. The van der Waals surface area contributed by atoms with Gasteiger partial charge in [0.05, 0.1) is 0 Å². The van der Waals surface area contributed by atoms with Crippen LogP contribution in [0.3, 0.4) is 0 Å². The fourth-order valence-electron chi connectivity index (χ4n) is 2.95. The fourth-order valence-corrected chi connectivity index (χ4v) is 2.95. The molecule has 1 saturated carbocycles. The zero-order valence-corrected chi connectivity index (χ0v) is 13.4. The topological polar surface area (TPSA) is 21.3 Å². The molecule has 1 N–H and O–H groups in total. The molecule has 0 aromatic heterocycles. The number of benzene rings is 1. The zero-order valence-electron chi connectivity index (χ0n) is 13.4. The third-order valence-electron chi connectivity index (χ3n) is 4.12. The van der Waals surface area contributed by atoms with Gasteiger partial charge < -0.3 is 10.1 Å². The summed E-state index contributed by atoms with van der Waals surface area (Å²) in [7, 11) is 0. The smallest absolute Gasteiger partial charge is 0.120 e. The Bertz CT molecular complexity index is 420. The van der Waals surface area contributed by atoms with Gasteiger partial charge in [-0.2, -0.15) is 0 Å². The lowest BCUT2D eigenvalue weighted by molar-refractivity contribution is 0.135. The molecule has 1 aromatic rings. The van der Waals surface area contributed by atoms with Crippen LogP contribution in [0.1, 0.15) is 58.9 Å². The Morgan fingerprint density at radius 2 is 2.05 bits per heavy atom. The first kappa shape index (κ1) is 15.4. The maximum atomic E-state index is 6.23. The Labute approximate surface area is 123 Å². The number of hydrogen-bond donors (Lipinski definition) is 1. The fraction of sp³-hybridized carbons (Fsp3) is 0.667. The van der Waals surface area contributed by atoms with Crippen molar-refractivity contribution >= 4 is 0 Å². The van der Waals surface area contributed by atoms with Gasteiger partial charge in [-0.1, -0.05) is 39.8 Å². The minimum Gasteiger partial charge on any atom is -0.490 e. The first-order chi connectivity index (χ1) is 9.49. The average molecular weight is 275 g/mol. The second-order valence-corrected chi connectivity index (χ2v) is 6.94. The lowest BCUT2D eigenvalue weighted by Crippen LogP contribution is -2.37. The first-order valence-corrected chi connectivity index (χ1v) is 7.99. The quantitative estimate of drug-likeness (QED) is 0.885. The van der Waals surface area contributed by atoms with Crippen molar-refractivity contribution in [1.82, 2.24) is 5.32 Å². The highest BCUT2D eigenvalue weighted by molar-refractivity contribution is 5.32. The van der Waals surface area contributed by atoms with E-state index >= 15 is 0 Å². The van der Waals surface area contributed by atoms with Gasteiger partial charge in [0.15, 0.2) is 0 Å². The average Bonchev–Trinajstić information content (AvgIpc) is 2.39. The van der Waals surface area contributed by atoms with Crippen LogP contribution in [0.5, 0.6) is 5.75 Å². The molecule has 2 unspecified atom stereocenters. The molecule has 1 aliphatic rings. The summed E-state index contributed by atoms with van der Waals surface area (Å²) in [6.07, 6.45) is 5.23. The highest BCUT2D eigenvalue weighted by Crippen LogP contribution is 2.28. The molecule has 1 aromatic carbocycles. The molecule has 0 aliphatic heterocycles. The summed E-state index contributed by atoms with van der Waals surface area (Å²) < 4.78 is 6.23. The van der Waals surface area contributed by atoms with Gasteiger partial charge in [-0.15, -0.1) is 0 Å². The van der Waals surface area contributed by atoms with Crippen LogP contribution >= 0.6 is 0 Å². The molecule has 112 valence electrons. The van der Waals surface area contributed by atoms with Gasteiger partial charge in [-0.3, -0.25) is 0 Å². The summed E-state index contributed by atoms with van der Waals surface area (Å²) in [6, 6.07) is 9.23. The van der Waals surface area contributed by atoms with Crippen LogP contribution in [0.4, 0.5) is 0 Å². The van der Waals surface area contributed by atoms with Crippen LogP contribution < -0.4 is 10.1 Å². The molecule has 1 aliphatic carbocycles. The largest absolute Gasteiger partial charge is 0.490 e. The Morgan fingerprint density at radius 3 is 2.75 bits per heavy atom. The van der Waals surface area contributed by atoms with Gasteiger partial charge in [0.2, 0.25) is 0 Å². The van der Waals surface area contributed by atoms with Crippen molar-refractivity contribution in [2.75, 3.05) is 6.54 Å². The van der Waals surface area contributed by atoms with Crippen molar-refractivity contribution < 1.29 is 4.74 Å². The van der Waals surface area contributed by atoms with Crippen LogP contribution in [0.2, 0.25) is 0 Å². The Hall–Kier alpha value is -1.02. The van der Waals surface area contributed by atoms with Crippen molar-refractivity contribution in [1.29, 1.82) is 0 Å². The van der Waals surface area contributed by atoms with Crippen molar-refractivity contribution in [3.63, 3.8) is 0 Å². The van der Waals surface area contributed by atoms with Crippen molar-refractivity contribution in [3.05, 3.63) is 29.8 Å². The van der Waals surface area contributed by atoms with Crippen LogP contribution in [0.15, 0.2) is 24.3 Å². The molecule has 1 fully saturated rings. The van der Waals surface area contributed by atoms with Gasteiger partial charge >= 0.3 is 0 Å². The van der Waals surface area contributed by atoms with E-state index in [2.05, 4.69) is 57.3 Å². The van der Waals surface area contributed by atoms with E-state index < -0.39 is 0 Å². The zero-order chi connectivity index (χ0) is 14.6. The summed E-state index contributed by atoms with van der Waals surface area (Å²) in [5, 5.41) is 3.56. The van der Waals surface area contributed by atoms with E-state index in [9.17, 15) is 0 Å². The molecule has 0 saturated heterocycles. The third-order valence-corrected chi connectivity index (χ3v) is 4.12. The summed E-state index contributed by atoms with van der Waals surface area (Å²) in [6.45, 7) is 9.96. The molecular weight excluding hydrogens is 246 g/mol. The lowest BCUT2D eigenvalue weighted by Gasteiger charge is -2.30. The van der Waals surface area contributed by atoms with Crippen LogP contribution in [-0.2, 0) is 5.41 Å². The van der Waals surface area contributed by atoms with Crippen molar-refractivity contribution in [3.8, 4) is 5.75 Å². The van der Waals surface area contributed by atoms with Gasteiger partial charge in [-0.05, 0) is 55.3 Å². The Kier molecular flexibility index (Phi) is 5.09. The number of rotatable bonds is 4. The van der Waals surface area contributed by atoms with E-state index in [0.717, 1.165) is 18.7 Å². The predicted octanol–water partition coefficient (Wildman–Crippen LogP) is 4.28. The van der Waals surface area contributed by atoms with Gasteiger partial charge in [-0.25, -0.2) is 0 Å². The number of nitrogens with one attached hydrogen (secondary N) is 1. The van der Waals surface area contributed by atoms with Crippen molar-refractivity contribution in [2.45, 2.75) is 70.9 Å². The van der Waals surface area contributed by atoms with E-state index in [4.69, 9.17) is 4.74 Å². The van der Waals surface area contributed by atoms with Gasteiger partial charge in [0.25, 0.3) is 0 Å². The van der Waals surface area contributed by atoms with Gasteiger partial charge in [0, 0.05) is 6.04 Å². The molecule has 20 heavy (non-hydrogen) atoms. The third kappa shape index (κ3) is 4.24. The van der Waals surface area contributed by atoms with E-state index in [0.29, 0.717) is 12.1 Å². The van der Waals surface area contributed by atoms with Crippen LogP contribution in [0.25, 0.3) is 0 Å². The molecule has 0 radical (unpaired) electrons. The van der Waals surface area contributed by atoms with E-state index in [1.54, 1.807) is 0 Å². The molecule has 0 spiro atoms. The molecule has 0 heterocycles. The maximum absolute atomic E-state index is 6.23. The highest BCUT2D eigenvalue weighted by Gasteiger charge is 2.23. The van der Waals surface area contributed by atoms with Crippen molar-refractivity contribution in [2.24, 2.45) is 0 Å². The first-order valence-electron chi connectivity index (χ1n) is 7.99. The second-order valence-electron chi connectivity index (χ2n) is 6.94. The van der Waals surface area contributed by atoms with E-state index in [-0.39, 0.29) is 5.41 Å². The molecule has 2 rings (SSSR count). The summed E-state index contributed by atoms with van der Waals surface area (Å²) in [4.78, 5) is 0. The summed E-state index contributed by atoms with van der Waals surface area (Å²) >= 11 is 0. The standard InChI is InChI=1S/C18H29NO/c1-5-19-15-9-7-11-17(13-15)20-16-10-6-8-14(12-16)18(2,3)4/h6,8,10,12,15,17,19H,5,7,9,11,13H2,1-4H3. The molecule has 0 bridgehead atoms. The minimum atomic E-state index is 0.179. The Morgan fingerprint density at radius 1 is 1.25 bits per heavy atom. The predicted molar refractivity (Wildman–Crippen MR) is 85.5 cm³/mol. The summed E-state index contributed by atoms with van der Waals surface area (Å²) in [5.41, 5.74) is 1.52. The van der Waals surface area contributed by atoms with Crippen LogP contribution in [-0.4, -0.2) is 18.7 Å². The molecule has 2 heteroatoms. The molecule has 2 nitrogen and oxygen atoms in total. The molecule has 2 atom stereocenters. The minimum absolute atomic E-state index is 0.179. The highest BCUT2D eigenvalue weighted by atomic mass is 16.5. The molecule has 0 amide bonds. The second kappa shape index (κ2) is 6.62. The lowest BCUT2D eigenvalue weighted by atomic mass is 9.87. The van der Waals surface area contributed by atoms with E-state index in [1.807, 2.05) is 0 Å². The maximum Gasteiger partial charge on any atom is 0.120 e. The Balaban J connectivity index is 1.99. The number of hydrogen-bond acceptors (Lipinski definition) is 2. The van der Waals surface area contributed by atoms with E-state index in [1.165, 1.54) is 24.8 Å². The normalized spacial score (nSPS) is 23.6. The number of ether oxygens (including phenoxy) is 1. The van der Waals surface area contributed by atoms with Crippen LogP contribution in [0, 0.1) is 0 Å². The van der Waals surface area contributed by atoms with Gasteiger partial charge in [0.1, 0.15) is 11.9 Å². The summed E-state index contributed by atoms with van der Waals surface area (Å²) in [5.74, 6) is 1.03. The SMILES string of the molecule is CCNC1CCCC(Oc2cccc(C(C)(C)C)c2)C1. The molecular formula is C18H29NO.